The molecule has 1 heterocycles. The average molecular weight is 457 g/mol. The van der Waals surface area contributed by atoms with Crippen molar-refractivity contribution in [3.63, 3.8) is 0 Å². The molecule has 1 fully saturated rings. The van der Waals surface area contributed by atoms with E-state index in [0.29, 0.717) is 11.5 Å². The summed E-state index contributed by atoms with van der Waals surface area (Å²) in [5, 5.41) is 10.5. The summed E-state index contributed by atoms with van der Waals surface area (Å²) in [4.78, 5) is 27.8. The van der Waals surface area contributed by atoms with Gasteiger partial charge in [-0.25, -0.2) is 0 Å². The fraction of sp³-hybridized carbons (Fsp3) is 0.308. The molecular formula is C26H29KN2O3. The van der Waals surface area contributed by atoms with Gasteiger partial charge in [0.25, 0.3) is 0 Å². The second-order valence-electron chi connectivity index (χ2n) is 8.24. The third-order valence-electron chi connectivity index (χ3n) is 5.29. The van der Waals surface area contributed by atoms with Gasteiger partial charge in [0.2, 0.25) is 0 Å². The summed E-state index contributed by atoms with van der Waals surface area (Å²) in [5.41, 5.74) is 3.44. The summed E-state index contributed by atoms with van der Waals surface area (Å²) < 4.78 is 0. The van der Waals surface area contributed by atoms with Gasteiger partial charge in [0.05, 0.1) is 5.97 Å². The number of anilines is 1. The van der Waals surface area contributed by atoms with Gasteiger partial charge in [0.15, 0.2) is 5.78 Å². The van der Waals surface area contributed by atoms with Crippen LogP contribution in [0.3, 0.4) is 0 Å². The van der Waals surface area contributed by atoms with E-state index in [4.69, 9.17) is 0 Å². The van der Waals surface area contributed by atoms with Gasteiger partial charge in [-0.2, -0.15) is 0 Å². The van der Waals surface area contributed by atoms with Crippen LogP contribution in [-0.2, 0) is 4.79 Å². The van der Waals surface area contributed by atoms with Crippen LogP contribution in [0.1, 0.15) is 35.3 Å². The third-order valence-corrected chi connectivity index (χ3v) is 5.29. The van der Waals surface area contributed by atoms with Gasteiger partial charge in [-0.15, -0.1) is 0 Å². The van der Waals surface area contributed by atoms with Crippen molar-refractivity contribution in [3.8, 4) is 0 Å². The molecule has 2 aromatic rings. The maximum Gasteiger partial charge on any atom is 1.00 e. The first kappa shape index (κ1) is 26.7. The van der Waals surface area contributed by atoms with Crippen molar-refractivity contribution >= 4 is 29.6 Å². The molecule has 0 amide bonds. The minimum Gasteiger partial charge on any atom is -0.545 e. The van der Waals surface area contributed by atoms with Gasteiger partial charge in [-0.1, -0.05) is 50.3 Å². The molecule has 5 nitrogen and oxygen atoms in total. The number of carboxylic acid groups (broad SMARTS) is 1. The molecule has 0 bridgehead atoms. The first-order chi connectivity index (χ1) is 14.9. The smallest absolute Gasteiger partial charge is 0.545 e. The molecule has 0 N–H and O–H groups in total. The zero-order chi connectivity index (χ0) is 22.2. The third kappa shape index (κ3) is 8.43. The van der Waals surface area contributed by atoms with Crippen molar-refractivity contribution in [1.82, 2.24) is 4.90 Å². The van der Waals surface area contributed by atoms with E-state index >= 15 is 0 Å². The van der Waals surface area contributed by atoms with Gasteiger partial charge in [0, 0.05) is 44.0 Å². The molecule has 0 aliphatic carbocycles. The fourth-order valence-electron chi connectivity index (χ4n) is 3.69. The van der Waals surface area contributed by atoms with E-state index in [1.165, 1.54) is 6.08 Å². The van der Waals surface area contributed by atoms with Gasteiger partial charge in [-0.3, -0.25) is 9.69 Å². The molecule has 3 rings (SSSR count). The molecular weight excluding hydrogens is 427 g/mol. The van der Waals surface area contributed by atoms with Crippen LogP contribution in [0.15, 0.2) is 60.7 Å². The van der Waals surface area contributed by atoms with Crippen LogP contribution >= 0.6 is 0 Å². The van der Waals surface area contributed by atoms with Gasteiger partial charge >= 0.3 is 51.4 Å². The number of carbonyl (C=O) groups is 2. The van der Waals surface area contributed by atoms with Crippen molar-refractivity contribution in [2.45, 2.75) is 13.8 Å². The predicted molar refractivity (Wildman–Crippen MR) is 124 cm³/mol. The first-order valence-corrected chi connectivity index (χ1v) is 10.7. The summed E-state index contributed by atoms with van der Waals surface area (Å²) in [6, 6.07) is 15.1. The van der Waals surface area contributed by atoms with Crippen LogP contribution in [0.5, 0.6) is 0 Å². The number of rotatable bonds is 8. The van der Waals surface area contributed by atoms with E-state index < -0.39 is 5.97 Å². The molecule has 0 unspecified atom stereocenters. The molecule has 2 aromatic carbocycles. The Kier molecular flexibility index (Phi) is 11.0. The molecule has 0 saturated carbocycles. The second-order valence-corrected chi connectivity index (χ2v) is 8.24. The summed E-state index contributed by atoms with van der Waals surface area (Å²) in [7, 11) is 0. The number of hydrogen-bond acceptors (Lipinski definition) is 5. The van der Waals surface area contributed by atoms with E-state index in [9.17, 15) is 14.7 Å². The summed E-state index contributed by atoms with van der Waals surface area (Å²) in [6.45, 7) is 9.81. The number of allylic oxidation sites excluding steroid dienone is 1. The standard InChI is InChI=1S/C26H30N2O3.K/c1-20(2)19-27-15-17-28(18-16-27)24-11-9-23(10-12-24)25(29)13-7-21-3-5-22(6-4-21)8-14-26(30)31;/h3-14,20H,15-19H2,1-2H3,(H,30,31);/q;+1/p-1/b13-7+,14-8+;. The minimum atomic E-state index is -1.23. The van der Waals surface area contributed by atoms with Crippen molar-refractivity contribution in [1.29, 1.82) is 0 Å². The average Bonchev–Trinajstić information content (AvgIpc) is 2.77. The number of ketones is 1. The summed E-state index contributed by atoms with van der Waals surface area (Å²) in [6.07, 6.45) is 5.78. The van der Waals surface area contributed by atoms with Gasteiger partial charge in [0.1, 0.15) is 0 Å². The van der Waals surface area contributed by atoms with Crippen molar-refractivity contribution in [3.05, 3.63) is 77.4 Å². The molecule has 1 saturated heterocycles. The number of aliphatic carboxylic acids is 1. The molecule has 1 aliphatic heterocycles. The molecule has 32 heavy (non-hydrogen) atoms. The van der Waals surface area contributed by atoms with E-state index in [-0.39, 0.29) is 57.2 Å². The van der Waals surface area contributed by atoms with Crippen LogP contribution < -0.4 is 61.4 Å². The molecule has 0 spiro atoms. The largest absolute Gasteiger partial charge is 1.00 e. The Morgan fingerprint density at radius 2 is 1.41 bits per heavy atom. The molecule has 162 valence electrons. The topological polar surface area (TPSA) is 63.7 Å². The quantitative estimate of drug-likeness (QED) is 0.321. The summed E-state index contributed by atoms with van der Waals surface area (Å²) in [5.74, 6) is -0.586. The van der Waals surface area contributed by atoms with Crippen molar-refractivity contribution < 1.29 is 66.1 Å². The molecule has 1 aliphatic rings. The van der Waals surface area contributed by atoms with E-state index in [2.05, 4.69) is 23.6 Å². The molecule has 6 heteroatoms. The normalized spacial score (nSPS) is 14.8. The fourth-order valence-corrected chi connectivity index (χ4v) is 3.69. The number of nitrogens with zero attached hydrogens (tertiary/aromatic N) is 2. The number of benzene rings is 2. The monoisotopic (exact) mass is 456 g/mol. The number of hydrogen-bond donors (Lipinski definition) is 0. The Bertz CT molecular complexity index is 942. The maximum absolute atomic E-state index is 12.5. The first-order valence-electron chi connectivity index (χ1n) is 10.7. The predicted octanol–water partition coefficient (Wildman–Crippen LogP) is 0.128. The summed E-state index contributed by atoms with van der Waals surface area (Å²) >= 11 is 0. The Morgan fingerprint density at radius 1 is 0.875 bits per heavy atom. The van der Waals surface area contributed by atoms with Crippen molar-refractivity contribution in [2.24, 2.45) is 5.92 Å². The number of carbonyl (C=O) groups excluding carboxylic acids is 2. The second kappa shape index (κ2) is 13.2. The van der Waals surface area contributed by atoms with E-state index in [0.717, 1.165) is 55.6 Å². The maximum atomic E-state index is 12.5. The Hall–Kier alpha value is -1.54. The zero-order valence-electron chi connectivity index (χ0n) is 19.2. The van der Waals surface area contributed by atoms with Crippen LogP contribution in [-0.4, -0.2) is 49.4 Å². The molecule has 0 radical (unpaired) electrons. The van der Waals surface area contributed by atoms with E-state index in [1.807, 2.05) is 36.4 Å². The van der Waals surface area contributed by atoms with Crippen LogP contribution in [0.4, 0.5) is 5.69 Å². The molecule has 0 atom stereocenters. The minimum absolute atomic E-state index is 0. The van der Waals surface area contributed by atoms with Crippen molar-refractivity contribution in [2.75, 3.05) is 37.6 Å². The Morgan fingerprint density at radius 3 is 1.91 bits per heavy atom. The van der Waals surface area contributed by atoms with E-state index in [1.54, 1.807) is 24.3 Å². The van der Waals surface area contributed by atoms with Crippen LogP contribution in [0.25, 0.3) is 12.2 Å². The molecule has 0 aromatic heterocycles. The number of carboxylic acids is 1. The van der Waals surface area contributed by atoms with Crippen LogP contribution in [0, 0.1) is 5.92 Å². The van der Waals surface area contributed by atoms with Gasteiger partial charge in [-0.05, 0) is 53.5 Å². The Labute approximate surface area is 233 Å². The number of piperazine rings is 1. The Balaban J connectivity index is 0.00000363. The zero-order valence-corrected chi connectivity index (χ0v) is 22.3. The van der Waals surface area contributed by atoms with Crippen LogP contribution in [0.2, 0.25) is 0 Å². The SMILES string of the molecule is CC(C)CN1CCN(c2ccc(C(=O)/C=C/c3ccc(/C=C/C(=O)[O-])cc3)cc2)CC1.[K+]. The van der Waals surface area contributed by atoms with Gasteiger partial charge < -0.3 is 14.8 Å².